The van der Waals surface area contributed by atoms with E-state index in [1.54, 1.807) is 13.0 Å². The molecule has 25 heavy (non-hydrogen) atoms. The molecule has 1 aromatic heterocycles. The molecule has 1 aliphatic heterocycles. The normalized spacial score (nSPS) is 13.2. The Morgan fingerprint density at radius 3 is 3.00 bits per heavy atom. The van der Waals surface area contributed by atoms with Crippen LogP contribution in [0.15, 0.2) is 24.3 Å². The molecule has 7 heteroatoms. The minimum Gasteiger partial charge on any atom is -0.366 e. The summed E-state index contributed by atoms with van der Waals surface area (Å²) in [4.78, 5) is 20.6. The quantitative estimate of drug-likeness (QED) is 0.747. The molecule has 0 saturated carbocycles. The van der Waals surface area contributed by atoms with Crippen molar-refractivity contribution in [2.24, 2.45) is 0 Å². The van der Waals surface area contributed by atoms with Gasteiger partial charge in [0.1, 0.15) is 17.5 Å². The minimum absolute atomic E-state index is 0.0336. The van der Waals surface area contributed by atoms with Crippen LogP contribution in [-0.4, -0.2) is 22.4 Å². The molecule has 0 fully saturated rings. The summed E-state index contributed by atoms with van der Waals surface area (Å²) in [5, 5.41) is 9.40. The highest BCUT2D eigenvalue weighted by Gasteiger charge is 2.17. The number of benzene rings is 1. The molecule has 1 amide bonds. The van der Waals surface area contributed by atoms with Crippen molar-refractivity contribution in [3.8, 4) is 0 Å². The minimum atomic E-state index is -0.254. The first-order valence-electron chi connectivity index (χ1n) is 8.50. The fourth-order valence-electron chi connectivity index (χ4n) is 2.77. The highest BCUT2D eigenvalue weighted by molar-refractivity contribution is 5.75. The Balaban J connectivity index is 1.79. The van der Waals surface area contributed by atoms with Gasteiger partial charge < -0.3 is 16.0 Å². The summed E-state index contributed by atoms with van der Waals surface area (Å²) < 4.78 is 13.3. The highest BCUT2D eigenvalue weighted by Crippen LogP contribution is 2.21. The second-order valence-electron chi connectivity index (χ2n) is 5.95. The summed E-state index contributed by atoms with van der Waals surface area (Å²) in [6, 6.07) is 6.49. The third kappa shape index (κ3) is 4.51. The van der Waals surface area contributed by atoms with Gasteiger partial charge in [0.2, 0.25) is 5.91 Å². The number of hydrogen-bond donors (Lipinski definition) is 3. The molecule has 3 rings (SSSR count). The highest BCUT2D eigenvalue weighted by atomic mass is 19.1. The molecular weight excluding hydrogens is 321 g/mol. The van der Waals surface area contributed by atoms with E-state index in [1.807, 2.05) is 6.07 Å². The van der Waals surface area contributed by atoms with Crippen molar-refractivity contribution in [2.45, 2.75) is 39.4 Å². The van der Waals surface area contributed by atoms with Gasteiger partial charge in [-0.1, -0.05) is 19.1 Å². The van der Waals surface area contributed by atoms with Crippen molar-refractivity contribution in [3.05, 3.63) is 52.7 Å². The number of carbonyl (C=O) groups is 1. The molecule has 0 aliphatic carbocycles. The van der Waals surface area contributed by atoms with Gasteiger partial charge >= 0.3 is 0 Å². The number of aromatic nitrogens is 2. The van der Waals surface area contributed by atoms with E-state index in [0.29, 0.717) is 31.9 Å². The van der Waals surface area contributed by atoms with Crippen LogP contribution < -0.4 is 16.0 Å². The van der Waals surface area contributed by atoms with Crippen LogP contribution in [0.5, 0.6) is 0 Å². The largest absolute Gasteiger partial charge is 0.366 e. The number of nitrogens with zero attached hydrogens (tertiary/aromatic N) is 2. The SMILES string of the molecule is CCC(=O)NCc1nc2c(c(NCc3cccc(F)c3)n1)CCNC2. The summed E-state index contributed by atoms with van der Waals surface area (Å²) >= 11 is 0. The molecule has 1 aliphatic rings. The van der Waals surface area contributed by atoms with E-state index in [-0.39, 0.29) is 11.7 Å². The van der Waals surface area contributed by atoms with Crippen molar-refractivity contribution < 1.29 is 9.18 Å². The Morgan fingerprint density at radius 2 is 2.20 bits per heavy atom. The predicted octanol–water partition coefficient (Wildman–Crippen LogP) is 1.90. The molecule has 1 aromatic carbocycles. The summed E-state index contributed by atoms with van der Waals surface area (Å²) in [5.41, 5.74) is 2.88. The van der Waals surface area contributed by atoms with Crippen LogP contribution in [0.2, 0.25) is 0 Å². The van der Waals surface area contributed by atoms with Crippen molar-refractivity contribution in [1.82, 2.24) is 20.6 Å². The Morgan fingerprint density at radius 1 is 1.32 bits per heavy atom. The molecule has 132 valence electrons. The lowest BCUT2D eigenvalue weighted by Gasteiger charge is -2.21. The Hall–Kier alpha value is -2.54. The zero-order chi connectivity index (χ0) is 17.6. The van der Waals surface area contributed by atoms with Crippen LogP contribution in [-0.2, 0) is 30.8 Å². The van der Waals surface area contributed by atoms with Gasteiger partial charge in [-0.2, -0.15) is 0 Å². The van der Waals surface area contributed by atoms with E-state index in [2.05, 4.69) is 25.9 Å². The van der Waals surface area contributed by atoms with Gasteiger partial charge in [0.25, 0.3) is 0 Å². The first kappa shape index (κ1) is 17.3. The molecule has 0 spiro atoms. The van der Waals surface area contributed by atoms with Crippen LogP contribution in [0.1, 0.15) is 36.0 Å². The summed E-state index contributed by atoms with van der Waals surface area (Å²) in [6.07, 6.45) is 1.26. The van der Waals surface area contributed by atoms with E-state index in [0.717, 1.165) is 35.6 Å². The van der Waals surface area contributed by atoms with Crippen molar-refractivity contribution in [3.63, 3.8) is 0 Å². The van der Waals surface area contributed by atoms with E-state index in [4.69, 9.17) is 0 Å². The number of nitrogens with one attached hydrogen (secondary N) is 3. The number of anilines is 1. The molecule has 0 atom stereocenters. The predicted molar refractivity (Wildman–Crippen MR) is 93.3 cm³/mol. The Bertz CT molecular complexity index is 765. The van der Waals surface area contributed by atoms with E-state index >= 15 is 0 Å². The van der Waals surface area contributed by atoms with Crippen molar-refractivity contribution in [1.29, 1.82) is 0 Å². The number of halogens is 1. The zero-order valence-corrected chi connectivity index (χ0v) is 14.2. The molecule has 0 saturated heterocycles. The number of hydrogen-bond acceptors (Lipinski definition) is 5. The lowest BCUT2D eigenvalue weighted by atomic mass is 10.1. The molecular formula is C18H22FN5O. The monoisotopic (exact) mass is 343 g/mol. The lowest BCUT2D eigenvalue weighted by molar-refractivity contribution is -0.120. The van der Waals surface area contributed by atoms with Gasteiger partial charge in [-0.15, -0.1) is 0 Å². The average molecular weight is 343 g/mol. The summed E-state index contributed by atoms with van der Waals surface area (Å²) in [5.74, 6) is 1.05. The zero-order valence-electron chi connectivity index (χ0n) is 14.2. The Kier molecular flexibility index (Phi) is 5.55. The second kappa shape index (κ2) is 8.02. The van der Waals surface area contributed by atoms with Gasteiger partial charge in [-0.3, -0.25) is 4.79 Å². The van der Waals surface area contributed by atoms with Gasteiger partial charge in [0.15, 0.2) is 0 Å². The van der Waals surface area contributed by atoms with Crippen LogP contribution in [0.4, 0.5) is 10.2 Å². The number of fused-ring (bicyclic) bond motifs is 1. The van der Waals surface area contributed by atoms with Gasteiger partial charge in [0.05, 0.1) is 12.2 Å². The fourth-order valence-corrected chi connectivity index (χ4v) is 2.77. The first-order chi connectivity index (χ1) is 12.2. The molecule has 2 aromatic rings. The van der Waals surface area contributed by atoms with E-state index < -0.39 is 0 Å². The number of rotatable bonds is 6. The number of carbonyl (C=O) groups excluding carboxylic acids is 1. The maximum Gasteiger partial charge on any atom is 0.220 e. The summed E-state index contributed by atoms with van der Waals surface area (Å²) in [6.45, 7) is 4.14. The average Bonchev–Trinajstić information content (AvgIpc) is 2.64. The molecule has 0 radical (unpaired) electrons. The third-order valence-electron chi connectivity index (χ3n) is 4.10. The molecule has 3 N–H and O–H groups in total. The standard InChI is InChI=1S/C18H22FN5O/c1-2-17(25)21-11-16-23-15-10-20-7-6-14(15)18(24-16)22-9-12-4-3-5-13(19)8-12/h3-5,8,20H,2,6-7,9-11H2,1H3,(H,21,25)(H,22,23,24). The molecule has 0 bridgehead atoms. The van der Waals surface area contributed by atoms with Gasteiger partial charge in [-0.25, -0.2) is 14.4 Å². The van der Waals surface area contributed by atoms with Crippen molar-refractivity contribution >= 4 is 11.7 Å². The van der Waals surface area contributed by atoms with Crippen LogP contribution in [0.3, 0.4) is 0 Å². The van der Waals surface area contributed by atoms with Crippen LogP contribution >= 0.6 is 0 Å². The van der Waals surface area contributed by atoms with Crippen LogP contribution in [0.25, 0.3) is 0 Å². The molecule has 6 nitrogen and oxygen atoms in total. The maximum atomic E-state index is 13.3. The fraction of sp³-hybridized carbons (Fsp3) is 0.389. The Labute approximate surface area is 146 Å². The van der Waals surface area contributed by atoms with Crippen LogP contribution in [0, 0.1) is 5.82 Å². The number of amides is 1. The lowest BCUT2D eigenvalue weighted by Crippen LogP contribution is -2.29. The van der Waals surface area contributed by atoms with Gasteiger partial charge in [0, 0.05) is 25.1 Å². The maximum absolute atomic E-state index is 13.3. The summed E-state index contributed by atoms with van der Waals surface area (Å²) in [7, 11) is 0. The molecule has 2 heterocycles. The first-order valence-corrected chi connectivity index (χ1v) is 8.50. The second-order valence-corrected chi connectivity index (χ2v) is 5.95. The van der Waals surface area contributed by atoms with E-state index in [1.165, 1.54) is 12.1 Å². The van der Waals surface area contributed by atoms with E-state index in [9.17, 15) is 9.18 Å². The topological polar surface area (TPSA) is 78.9 Å². The molecule has 0 unspecified atom stereocenters. The van der Waals surface area contributed by atoms with Crippen molar-refractivity contribution in [2.75, 3.05) is 11.9 Å². The van der Waals surface area contributed by atoms with Gasteiger partial charge in [-0.05, 0) is 30.7 Å². The smallest absolute Gasteiger partial charge is 0.220 e. The third-order valence-corrected chi connectivity index (χ3v) is 4.10.